The summed E-state index contributed by atoms with van der Waals surface area (Å²) in [5.74, 6) is 1.99. The minimum Gasteiger partial charge on any atom is -0.328 e. The minimum absolute atomic E-state index is 0.0562. The molecule has 0 aliphatic carbocycles. The van der Waals surface area contributed by atoms with Gasteiger partial charge in [-0.1, -0.05) is 53.9 Å². The van der Waals surface area contributed by atoms with Gasteiger partial charge in [0.15, 0.2) is 5.66 Å². The molecule has 8 nitrogen and oxygen atoms in total. The first-order chi connectivity index (χ1) is 19.5. The van der Waals surface area contributed by atoms with E-state index in [9.17, 15) is 5.73 Å². The Morgan fingerprint density at radius 1 is 0.860 bits per heavy atom. The maximum Gasteiger partial charge on any atom is 0.228 e. The number of nitrogens with one attached hydrogen (secondary N) is 2. The van der Waals surface area contributed by atoms with Crippen molar-refractivity contribution in [1.29, 1.82) is 0 Å². The molecule has 4 bridgehead atoms. The predicted octanol–water partition coefficient (Wildman–Crippen LogP) is 6.60. The van der Waals surface area contributed by atoms with Crippen LogP contribution in [0.1, 0.15) is 153 Å². The van der Waals surface area contributed by atoms with Gasteiger partial charge in [-0.25, -0.2) is 4.98 Å². The average molecular weight is 593 g/mol. The molecule has 4 aliphatic heterocycles. The third-order valence-corrected chi connectivity index (χ3v) is 11.0. The first kappa shape index (κ1) is 32.7. The van der Waals surface area contributed by atoms with Crippen LogP contribution in [0.2, 0.25) is 0 Å². The van der Waals surface area contributed by atoms with E-state index in [1.807, 2.05) is 0 Å². The zero-order chi connectivity index (χ0) is 32.1. The smallest absolute Gasteiger partial charge is 0.228 e. The number of aliphatic imine (C=N–C) groups is 1. The van der Waals surface area contributed by atoms with E-state index in [0.29, 0.717) is 5.95 Å². The minimum atomic E-state index is -1.47. The topological polar surface area (TPSA) is 101 Å². The van der Waals surface area contributed by atoms with Crippen molar-refractivity contribution in [3.05, 3.63) is 11.6 Å². The molecule has 3 unspecified atom stereocenters. The van der Waals surface area contributed by atoms with E-state index in [1.54, 1.807) is 0 Å². The predicted molar refractivity (Wildman–Crippen MR) is 177 cm³/mol. The summed E-state index contributed by atoms with van der Waals surface area (Å²) < 4.78 is 0. The summed E-state index contributed by atoms with van der Waals surface area (Å²) in [6, 6.07) is 0.0765. The number of rotatable bonds is 3. The highest BCUT2D eigenvalue weighted by Gasteiger charge is 2.74. The molecule has 0 saturated carbocycles. The quantitative estimate of drug-likeness (QED) is 0.410. The van der Waals surface area contributed by atoms with Gasteiger partial charge in [0.2, 0.25) is 5.95 Å². The van der Waals surface area contributed by atoms with Gasteiger partial charge in [-0.15, -0.1) is 5.73 Å². The first-order valence-corrected chi connectivity index (χ1v) is 16.9. The SMILES string of the molecule is CC(C)(C)CC(C)(C)c1nc2nc(n1)C13CCCCCCN(C(C)(C)C(=NC4CC(C)(C)NC(C)(C)C4)C1([N])N2)C3(C)C. The molecular formula is C35H60N8. The van der Waals surface area contributed by atoms with Crippen LogP contribution >= 0.6 is 0 Å². The molecule has 240 valence electrons. The van der Waals surface area contributed by atoms with Gasteiger partial charge < -0.3 is 10.6 Å². The molecule has 3 saturated heterocycles. The van der Waals surface area contributed by atoms with Crippen molar-refractivity contribution >= 4 is 11.7 Å². The highest BCUT2D eigenvalue weighted by atomic mass is 15.4. The summed E-state index contributed by atoms with van der Waals surface area (Å²) in [6.07, 6.45) is 7.98. The molecule has 5 rings (SSSR count). The molecular weight excluding hydrogens is 532 g/mol. The van der Waals surface area contributed by atoms with Crippen LogP contribution in [-0.4, -0.2) is 66.0 Å². The first-order valence-electron chi connectivity index (χ1n) is 16.9. The van der Waals surface area contributed by atoms with E-state index >= 15 is 0 Å². The Bertz CT molecular complexity index is 1250. The molecule has 8 heteroatoms. The molecule has 1 spiro atoms. The van der Waals surface area contributed by atoms with Crippen molar-refractivity contribution in [2.45, 2.75) is 186 Å². The average Bonchev–Trinajstić information content (AvgIpc) is 2.84. The maximum absolute atomic E-state index is 13.5. The number of piperidine rings is 2. The Labute approximate surface area is 262 Å². The lowest BCUT2D eigenvalue weighted by Crippen LogP contribution is -2.86. The van der Waals surface area contributed by atoms with Crippen molar-refractivity contribution in [1.82, 2.24) is 30.9 Å². The molecule has 43 heavy (non-hydrogen) atoms. The lowest BCUT2D eigenvalue weighted by Gasteiger charge is -2.68. The molecule has 4 aliphatic rings. The monoisotopic (exact) mass is 592 g/mol. The molecule has 1 aromatic heterocycles. The zero-order valence-electron chi connectivity index (χ0n) is 29.6. The largest absolute Gasteiger partial charge is 0.328 e. The van der Waals surface area contributed by atoms with Crippen LogP contribution in [0.25, 0.3) is 0 Å². The highest BCUT2D eigenvalue weighted by molar-refractivity contribution is 6.05. The second-order valence-electron chi connectivity index (χ2n) is 18.5. The third kappa shape index (κ3) is 5.35. The van der Waals surface area contributed by atoms with Gasteiger partial charge >= 0.3 is 0 Å². The standard InChI is InChI=1S/C35H60N8/c1-28(2,3)22-29(4,5)25-38-26-34-18-16-14-15-17-19-43(33(34,12)13)32(10,11)24(35(34,36)41-27(39-25)40-26)37-23-20-30(6,7)42-31(8,9)21-23/h23,42H,14-22H2,1-13H3,(H,38,39,40,41). The summed E-state index contributed by atoms with van der Waals surface area (Å²) in [4.78, 5) is 23.7. The van der Waals surface area contributed by atoms with E-state index < -0.39 is 22.2 Å². The molecule has 2 N–H and O–H groups in total. The van der Waals surface area contributed by atoms with Crippen LogP contribution in [0, 0.1) is 5.41 Å². The van der Waals surface area contributed by atoms with E-state index in [1.165, 1.54) is 6.42 Å². The lowest BCUT2D eigenvalue weighted by molar-refractivity contribution is -0.0621. The van der Waals surface area contributed by atoms with Crippen molar-refractivity contribution in [2.75, 3.05) is 11.9 Å². The lowest BCUT2D eigenvalue weighted by atomic mass is 9.51. The number of hydrogen-bond acceptors (Lipinski definition) is 7. The van der Waals surface area contributed by atoms with E-state index in [2.05, 4.69) is 106 Å². The Morgan fingerprint density at radius 3 is 2.07 bits per heavy atom. The second kappa shape index (κ2) is 9.93. The van der Waals surface area contributed by atoms with Gasteiger partial charge in [-0.3, -0.25) is 9.89 Å². The number of anilines is 1. The van der Waals surface area contributed by atoms with Crippen LogP contribution < -0.4 is 16.4 Å². The number of fused-ring (bicyclic) bond motifs is 3. The fourth-order valence-electron chi connectivity index (χ4n) is 10.2. The highest BCUT2D eigenvalue weighted by Crippen LogP contribution is 2.59. The van der Waals surface area contributed by atoms with Gasteiger partial charge in [0.25, 0.3) is 0 Å². The van der Waals surface area contributed by atoms with Gasteiger partial charge in [0, 0.05) is 22.0 Å². The van der Waals surface area contributed by atoms with Crippen LogP contribution in [0.4, 0.5) is 5.95 Å². The Hall–Kier alpha value is -1.64. The summed E-state index contributed by atoms with van der Waals surface area (Å²) in [5.41, 5.74) is 10.8. The van der Waals surface area contributed by atoms with E-state index in [4.69, 9.17) is 19.9 Å². The maximum atomic E-state index is 13.5. The number of aromatic nitrogens is 3. The van der Waals surface area contributed by atoms with Crippen molar-refractivity contribution < 1.29 is 0 Å². The summed E-state index contributed by atoms with van der Waals surface area (Å²) in [5, 5.41) is 7.42. The fourth-order valence-corrected chi connectivity index (χ4v) is 10.2. The van der Waals surface area contributed by atoms with Crippen molar-refractivity contribution in [3.8, 4) is 0 Å². The molecule has 3 fully saturated rings. The zero-order valence-corrected chi connectivity index (χ0v) is 29.6. The summed E-state index contributed by atoms with van der Waals surface area (Å²) >= 11 is 0. The third-order valence-electron chi connectivity index (χ3n) is 11.0. The molecule has 2 radical (unpaired) electrons. The fraction of sp³-hybridized carbons (Fsp3) is 0.886. The van der Waals surface area contributed by atoms with Crippen molar-refractivity contribution in [2.24, 2.45) is 10.4 Å². The molecule has 3 atom stereocenters. The molecule has 0 amide bonds. The van der Waals surface area contributed by atoms with Crippen LogP contribution in [-0.2, 0) is 10.8 Å². The van der Waals surface area contributed by atoms with Crippen LogP contribution in [0.5, 0.6) is 0 Å². The van der Waals surface area contributed by atoms with Gasteiger partial charge in [0.05, 0.1) is 22.7 Å². The van der Waals surface area contributed by atoms with Crippen LogP contribution in [0.3, 0.4) is 0 Å². The Kier molecular flexibility index (Phi) is 7.56. The van der Waals surface area contributed by atoms with Crippen LogP contribution in [0.15, 0.2) is 4.99 Å². The molecule has 0 aromatic carbocycles. The Morgan fingerprint density at radius 2 is 1.47 bits per heavy atom. The summed E-state index contributed by atoms with van der Waals surface area (Å²) in [6.45, 7) is 30.5. The van der Waals surface area contributed by atoms with Crippen molar-refractivity contribution in [3.63, 3.8) is 0 Å². The second-order valence-corrected chi connectivity index (χ2v) is 18.5. The summed E-state index contributed by atoms with van der Waals surface area (Å²) in [7, 11) is 0. The Balaban J connectivity index is 1.76. The van der Waals surface area contributed by atoms with E-state index in [0.717, 1.165) is 68.9 Å². The normalized spacial score (nSPS) is 34.4. The molecule has 5 heterocycles. The number of nitrogens with zero attached hydrogens (tertiary/aromatic N) is 6. The molecule has 1 aromatic rings. The number of hydrogen-bond donors (Lipinski definition) is 2. The van der Waals surface area contributed by atoms with Gasteiger partial charge in [0.1, 0.15) is 11.6 Å². The van der Waals surface area contributed by atoms with E-state index in [-0.39, 0.29) is 27.9 Å². The van der Waals surface area contributed by atoms with Gasteiger partial charge in [-0.2, -0.15) is 9.97 Å². The van der Waals surface area contributed by atoms with Gasteiger partial charge in [-0.05, 0) is 99.5 Å².